The minimum atomic E-state index is -0.453. The summed E-state index contributed by atoms with van der Waals surface area (Å²) in [6.07, 6.45) is 3.40. The maximum Gasteiger partial charge on any atom is 0.266 e. The number of nitrogens with zero attached hydrogens (tertiary/aromatic N) is 1. The molecule has 0 atom stereocenters. The summed E-state index contributed by atoms with van der Waals surface area (Å²) in [6.45, 7) is 2.22. The van der Waals surface area contributed by atoms with Crippen LogP contribution in [0.15, 0.2) is 59.7 Å². The second-order valence-corrected chi connectivity index (χ2v) is 6.12. The molecule has 0 aliphatic carbocycles. The number of carbonyl (C=O) groups is 1. The Morgan fingerprint density at radius 3 is 2.92 bits per heavy atom. The SMILES string of the molecule is Cc1cccc(NC(=O)/C(C#N)=C\C2=Cc3cc(Cl)ccc3OC2)c1. The molecule has 124 valence electrons. The molecular formula is C20H15ClN2O2. The van der Waals surface area contributed by atoms with Gasteiger partial charge in [0, 0.05) is 16.3 Å². The maximum atomic E-state index is 12.3. The second kappa shape index (κ2) is 7.25. The van der Waals surface area contributed by atoms with Crippen LogP contribution >= 0.6 is 11.6 Å². The van der Waals surface area contributed by atoms with E-state index < -0.39 is 5.91 Å². The van der Waals surface area contributed by atoms with Crippen LogP contribution in [0.3, 0.4) is 0 Å². The molecule has 5 heteroatoms. The standard InChI is InChI=1S/C20H15ClN2O2/c1-13-3-2-4-18(7-13)23-20(24)16(11-22)9-14-8-15-10-17(21)5-6-19(15)25-12-14/h2-10H,12H2,1H3,(H,23,24)/b16-9-. The number of ether oxygens (including phenoxy) is 1. The molecule has 0 spiro atoms. The van der Waals surface area contributed by atoms with E-state index in [4.69, 9.17) is 16.3 Å². The Balaban J connectivity index is 1.83. The zero-order valence-electron chi connectivity index (χ0n) is 13.5. The highest BCUT2D eigenvalue weighted by atomic mass is 35.5. The summed E-state index contributed by atoms with van der Waals surface area (Å²) < 4.78 is 5.64. The first kappa shape index (κ1) is 16.8. The number of nitriles is 1. The van der Waals surface area contributed by atoms with Gasteiger partial charge < -0.3 is 10.1 Å². The summed E-state index contributed by atoms with van der Waals surface area (Å²) in [7, 11) is 0. The number of amides is 1. The highest BCUT2D eigenvalue weighted by Gasteiger charge is 2.14. The van der Waals surface area contributed by atoms with Crippen LogP contribution in [-0.2, 0) is 4.79 Å². The van der Waals surface area contributed by atoms with Gasteiger partial charge in [-0.25, -0.2) is 0 Å². The molecule has 1 N–H and O–H groups in total. The monoisotopic (exact) mass is 350 g/mol. The molecule has 0 radical (unpaired) electrons. The molecule has 1 aliphatic rings. The number of rotatable bonds is 3. The molecule has 0 saturated carbocycles. The minimum Gasteiger partial charge on any atom is -0.488 e. The van der Waals surface area contributed by atoms with Gasteiger partial charge in [0.2, 0.25) is 0 Å². The lowest BCUT2D eigenvalue weighted by Gasteiger charge is -2.16. The number of aryl methyl sites for hydroxylation is 1. The molecule has 0 saturated heterocycles. The van der Waals surface area contributed by atoms with Crippen molar-refractivity contribution in [3.8, 4) is 11.8 Å². The zero-order chi connectivity index (χ0) is 17.8. The first-order chi connectivity index (χ1) is 12.0. The van der Waals surface area contributed by atoms with Crippen LogP contribution in [0.4, 0.5) is 5.69 Å². The quantitative estimate of drug-likeness (QED) is 0.654. The van der Waals surface area contributed by atoms with Crippen molar-refractivity contribution in [2.75, 3.05) is 11.9 Å². The van der Waals surface area contributed by atoms with Crippen molar-refractivity contribution >= 4 is 29.3 Å². The number of carbonyl (C=O) groups excluding carboxylic acids is 1. The molecule has 2 aromatic carbocycles. The number of halogens is 1. The van der Waals surface area contributed by atoms with E-state index in [2.05, 4.69) is 5.32 Å². The molecule has 1 heterocycles. The smallest absolute Gasteiger partial charge is 0.266 e. The van der Waals surface area contributed by atoms with Crippen molar-refractivity contribution in [1.82, 2.24) is 0 Å². The van der Waals surface area contributed by atoms with E-state index in [0.29, 0.717) is 10.7 Å². The largest absolute Gasteiger partial charge is 0.488 e. The zero-order valence-corrected chi connectivity index (χ0v) is 14.3. The summed E-state index contributed by atoms with van der Waals surface area (Å²) in [5.41, 5.74) is 3.24. The van der Waals surface area contributed by atoms with Crippen LogP contribution in [0.5, 0.6) is 5.75 Å². The van der Waals surface area contributed by atoms with E-state index in [0.717, 1.165) is 22.4 Å². The van der Waals surface area contributed by atoms with Gasteiger partial charge in [0.1, 0.15) is 24.0 Å². The molecule has 3 rings (SSSR count). The van der Waals surface area contributed by atoms with Crippen molar-refractivity contribution in [3.63, 3.8) is 0 Å². The highest BCUT2D eigenvalue weighted by molar-refractivity contribution is 6.30. The van der Waals surface area contributed by atoms with Crippen molar-refractivity contribution in [3.05, 3.63) is 75.8 Å². The van der Waals surface area contributed by atoms with E-state index in [1.165, 1.54) is 6.08 Å². The molecule has 0 fully saturated rings. The molecule has 4 nitrogen and oxygen atoms in total. The van der Waals surface area contributed by atoms with E-state index >= 15 is 0 Å². The topological polar surface area (TPSA) is 62.1 Å². The van der Waals surface area contributed by atoms with Gasteiger partial charge in [0.25, 0.3) is 5.91 Å². The fourth-order valence-corrected chi connectivity index (χ4v) is 2.69. The van der Waals surface area contributed by atoms with Crippen LogP contribution in [0.1, 0.15) is 11.1 Å². The highest BCUT2D eigenvalue weighted by Crippen LogP contribution is 2.29. The van der Waals surface area contributed by atoms with Crippen LogP contribution in [0, 0.1) is 18.3 Å². The van der Waals surface area contributed by atoms with E-state index in [-0.39, 0.29) is 12.2 Å². The molecule has 0 bridgehead atoms. The second-order valence-electron chi connectivity index (χ2n) is 5.68. The molecule has 0 aromatic heterocycles. The number of hydrogen-bond acceptors (Lipinski definition) is 3. The lowest BCUT2D eigenvalue weighted by atomic mass is 10.0. The Hall–Kier alpha value is -3.03. The number of nitrogens with one attached hydrogen (secondary N) is 1. The summed E-state index contributed by atoms with van der Waals surface area (Å²) in [6, 6.07) is 14.7. The van der Waals surface area contributed by atoms with Crippen molar-refractivity contribution in [2.45, 2.75) is 6.92 Å². The van der Waals surface area contributed by atoms with Gasteiger partial charge in [-0.2, -0.15) is 5.26 Å². The Morgan fingerprint density at radius 1 is 1.32 bits per heavy atom. The van der Waals surface area contributed by atoms with Gasteiger partial charge in [-0.1, -0.05) is 23.7 Å². The lowest BCUT2D eigenvalue weighted by Crippen LogP contribution is -2.15. The fourth-order valence-electron chi connectivity index (χ4n) is 2.50. The predicted molar refractivity (Wildman–Crippen MR) is 98.4 cm³/mol. The van der Waals surface area contributed by atoms with Gasteiger partial charge in [-0.3, -0.25) is 4.79 Å². The Morgan fingerprint density at radius 2 is 2.16 bits per heavy atom. The Kier molecular flexibility index (Phi) is 4.87. The molecule has 1 amide bonds. The molecule has 25 heavy (non-hydrogen) atoms. The van der Waals surface area contributed by atoms with Gasteiger partial charge in [0.15, 0.2) is 0 Å². The number of fused-ring (bicyclic) bond motifs is 1. The summed E-state index contributed by atoms with van der Waals surface area (Å²) in [4.78, 5) is 12.3. The number of benzene rings is 2. The van der Waals surface area contributed by atoms with Gasteiger partial charge >= 0.3 is 0 Å². The third kappa shape index (κ3) is 4.09. The van der Waals surface area contributed by atoms with E-state index in [1.54, 1.807) is 24.3 Å². The number of hydrogen-bond donors (Lipinski definition) is 1. The lowest BCUT2D eigenvalue weighted by molar-refractivity contribution is -0.112. The van der Waals surface area contributed by atoms with Crippen LogP contribution in [-0.4, -0.2) is 12.5 Å². The first-order valence-electron chi connectivity index (χ1n) is 7.68. The Bertz CT molecular complexity index is 939. The van der Waals surface area contributed by atoms with E-state index in [1.807, 2.05) is 37.3 Å². The summed E-state index contributed by atoms with van der Waals surface area (Å²) >= 11 is 5.99. The van der Waals surface area contributed by atoms with Gasteiger partial charge in [-0.05, 0) is 60.5 Å². The third-order valence-electron chi connectivity index (χ3n) is 3.68. The van der Waals surface area contributed by atoms with Crippen LogP contribution in [0.25, 0.3) is 6.08 Å². The Labute approximate surface area is 151 Å². The van der Waals surface area contributed by atoms with Crippen molar-refractivity contribution < 1.29 is 9.53 Å². The van der Waals surface area contributed by atoms with Gasteiger partial charge in [-0.15, -0.1) is 0 Å². The molecule has 1 aliphatic heterocycles. The summed E-state index contributed by atoms with van der Waals surface area (Å²) in [5, 5.41) is 12.7. The third-order valence-corrected chi connectivity index (χ3v) is 3.91. The normalized spacial score (nSPS) is 13.2. The number of anilines is 1. The molecule has 0 unspecified atom stereocenters. The van der Waals surface area contributed by atoms with E-state index in [9.17, 15) is 10.1 Å². The van der Waals surface area contributed by atoms with Crippen molar-refractivity contribution in [2.24, 2.45) is 0 Å². The van der Waals surface area contributed by atoms with Crippen LogP contribution in [0.2, 0.25) is 5.02 Å². The maximum absolute atomic E-state index is 12.3. The average Bonchev–Trinajstić information content (AvgIpc) is 2.59. The molecular weight excluding hydrogens is 336 g/mol. The molecule has 2 aromatic rings. The predicted octanol–water partition coefficient (Wildman–Crippen LogP) is 4.51. The summed E-state index contributed by atoms with van der Waals surface area (Å²) in [5.74, 6) is 0.273. The van der Waals surface area contributed by atoms with Crippen LogP contribution < -0.4 is 10.1 Å². The average molecular weight is 351 g/mol. The first-order valence-corrected chi connectivity index (χ1v) is 8.06. The fraction of sp³-hybridized carbons (Fsp3) is 0.100. The van der Waals surface area contributed by atoms with Crippen molar-refractivity contribution in [1.29, 1.82) is 5.26 Å². The van der Waals surface area contributed by atoms with Gasteiger partial charge in [0.05, 0.1) is 0 Å². The minimum absolute atomic E-state index is 0.0156.